The number of nitrogens with zero attached hydrogens (tertiary/aromatic N) is 5. The molecule has 0 aliphatic rings. The zero-order chi connectivity index (χ0) is 26.9. The number of Topliss-reactive ketones (excluding diaryl/α,β-unsaturated/α-hetero) is 1. The Kier molecular flexibility index (Phi) is 8.79. The topological polar surface area (TPSA) is 165 Å². The van der Waals surface area contributed by atoms with Gasteiger partial charge in [-0.3, -0.25) is 9.59 Å². The molecule has 0 spiro atoms. The molecule has 0 bridgehead atoms. The van der Waals surface area contributed by atoms with Crippen molar-refractivity contribution in [1.29, 1.82) is 5.26 Å². The minimum atomic E-state index is -0.141. The number of rotatable bonds is 13. The first kappa shape index (κ1) is 26.5. The van der Waals surface area contributed by atoms with Gasteiger partial charge in [-0.1, -0.05) is 25.5 Å². The smallest absolute Gasteiger partial charge is 0.227 e. The molecule has 0 saturated carbocycles. The predicted molar refractivity (Wildman–Crippen MR) is 143 cm³/mol. The average molecular weight is 515 g/mol. The first-order chi connectivity index (χ1) is 18.5. The van der Waals surface area contributed by atoms with Gasteiger partial charge in [0.25, 0.3) is 0 Å². The molecule has 0 fully saturated rings. The number of para-hydroxylation sites is 2. The number of nitrogens with two attached hydrogens (primary N) is 1. The second-order valence-corrected chi connectivity index (χ2v) is 8.98. The Morgan fingerprint density at radius 2 is 1.92 bits per heavy atom. The van der Waals surface area contributed by atoms with Crippen LogP contribution in [0, 0.1) is 17.2 Å². The highest BCUT2D eigenvalue weighted by Gasteiger charge is 2.22. The third-order valence-corrected chi connectivity index (χ3v) is 6.20. The van der Waals surface area contributed by atoms with Gasteiger partial charge in [0, 0.05) is 23.7 Å². The number of nitriles is 1. The van der Waals surface area contributed by atoms with Gasteiger partial charge < -0.3 is 20.9 Å². The van der Waals surface area contributed by atoms with Crippen LogP contribution in [0.5, 0.6) is 0 Å². The summed E-state index contributed by atoms with van der Waals surface area (Å²) in [6, 6.07) is 16.4. The standard InChI is InChI=1S/C27H30N8O3/c1-18(7-4-5-14-28)27(37)31-20-12-10-19(11-13-20)23(36)17-35-22-9-3-2-8-21(22)32-26(35)24-25(34-38-33-24)30-16-6-15-29/h2-3,8-13,18H,4-7,14,16-17,28H2,1H3,(H,30,34)(H,31,37)/t18-/m0/s1. The zero-order valence-electron chi connectivity index (χ0n) is 21.2. The molecule has 4 rings (SSSR count). The minimum absolute atomic E-state index is 0.00419. The summed E-state index contributed by atoms with van der Waals surface area (Å²) in [6.07, 6.45) is 2.86. The molecule has 4 aromatic rings. The van der Waals surface area contributed by atoms with Gasteiger partial charge in [0.05, 0.1) is 30.1 Å². The highest BCUT2D eigenvalue weighted by Crippen LogP contribution is 2.28. The summed E-state index contributed by atoms with van der Waals surface area (Å²) in [5.41, 5.74) is 8.46. The number of amides is 1. The van der Waals surface area contributed by atoms with Crippen molar-refractivity contribution in [2.24, 2.45) is 11.7 Å². The maximum Gasteiger partial charge on any atom is 0.227 e. The van der Waals surface area contributed by atoms with E-state index in [1.807, 2.05) is 31.2 Å². The Balaban J connectivity index is 1.51. The lowest BCUT2D eigenvalue weighted by Gasteiger charge is -2.12. The van der Waals surface area contributed by atoms with E-state index in [4.69, 9.17) is 15.6 Å². The summed E-state index contributed by atoms with van der Waals surface area (Å²) >= 11 is 0. The van der Waals surface area contributed by atoms with E-state index in [1.165, 1.54) is 0 Å². The lowest BCUT2D eigenvalue weighted by molar-refractivity contribution is -0.119. The van der Waals surface area contributed by atoms with E-state index in [-0.39, 0.29) is 30.6 Å². The number of nitrogens with one attached hydrogen (secondary N) is 2. The van der Waals surface area contributed by atoms with Gasteiger partial charge in [0.2, 0.25) is 11.7 Å². The molecular formula is C27H30N8O3. The van der Waals surface area contributed by atoms with Crippen LogP contribution in [-0.4, -0.2) is 44.6 Å². The van der Waals surface area contributed by atoms with Crippen molar-refractivity contribution in [2.45, 2.75) is 39.2 Å². The summed E-state index contributed by atoms with van der Waals surface area (Å²) < 4.78 is 6.71. The molecule has 0 aliphatic carbocycles. The maximum atomic E-state index is 13.3. The van der Waals surface area contributed by atoms with Crippen LogP contribution >= 0.6 is 0 Å². The number of hydrogen-bond donors (Lipinski definition) is 3. The molecule has 2 aromatic carbocycles. The second-order valence-electron chi connectivity index (χ2n) is 8.98. The first-order valence-corrected chi connectivity index (χ1v) is 12.5. The quantitative estimate of drug-likeness (QED) is 0.177. The zero-order valence-corrected chi connectivity index (χ0v) is 21.2. The van der Waals surface area contributed by atoms with E-state index in [2.05, 4.69) is 32.0 Å². The van der Waals surface area contributed by atoms with Crippen molar-refractivity contribution < 1.29 is 14.2 Å². The summed E-state index contributed by atoms with van der Waals surface area (Å²) in [5, 5.41) is 22.7. The number of carbonyl (C=O) groups excluding carboxylic acids is 2. The minimum Gasteiger partial charge on any atom is -0.364 e. The Bertz CT molecular complexity index is 1430. The third-order valence-electron chi connectivity index (χ3n) is 6.20. The van der Waals surface area contributed by atoms with Crippen LogP contribution in [0.2, 0.25) is 0 Å². The summed E-state index contributed by atoms with van der Waals surface area (Å²) in [6.45, 7) is 2.89. The molecule has 0 unspecified atom stereocenters. The van der Waals surface area contributed by atoms with Gasteiger partial charge in [-0.15, -0.1) is 0 Å². The summed E-state index contributed by atoms with van der Waals surface area (Å²) in [5.74, 6) is 0.449. The molecular weight excluding hydrogens is 484 g/mol. The van der Waals surface area contributed by atoms with E-state index in [0.717, 1.165) is 24.8 Å². The van der Waals surface area contributed by atoms with Crippen LogP contribution in [0.1, 0.15) is 43.0 Å². The van der Waals surface area contributed by atoms with Crippen LogP contribution in [0.25, 0.3) is 22.6 Å². The van der Waals surface area contributed by atoms with Crippen molar-refractivity contribution in [3.63, 3.8) is 0 Å². The van der Waals surface area contributed by atoms with Crippen LogP contribution in [0.3, 0.4) is 0 Å². The fourth-order valence-electron chi connectivity index (χ4n) is 4.07. The number of ketones is 1. The Labute approximate surface area is 220 Å². The number of hydrogen-bond acceptors (Lipinski definition) is 9. The Hall–Kier alpha value is -4.56. The largest absolute Gasteiger partial charge is 0.364 e. The lowest BCUT2D eigenvalue weighted by atomic mass is 10.0. The fraction of sp³-hybridized carbons (Fsp3) is 0.333. The predicted octanol–water partition coefficient (Wildman–Crippen LogP) is 4.00. The third kappa shape index (κ3) is 6.22. The second kappa shape index (κ2) is 12.6. The van der Waals surface area contributed by atoms with Crippen molar-refractivity contribution in [1.82, 2.24) is 19.9 Å². The van der Waals surface area contributed by atoms with E-state index in [1.54, 1.807) is 28.8 Å². The molecule has 11 nitrogen and oxygen atoms in total. The highest BCUT2D eigenvalue weighted by atomic mass is 16.6. The molecule has 196 valence electrons. The number of benzene rings is 2. The molecule has 0 radical (unpaired) electrons. The van der Waals surface area contributed by atoms with Gasteiger partial charge in [-0.2, -0.15) is 5.26 Å². The number of anilines is 2. The number of fused-ring (bicyclic) bond motifs is 1. The Morgan fingerprint density at radius 1 is 1.13 bits per heavy atom. The molecule has 2 heterocycles. The fourth-order valence-corrected chi connectivity index (χ4v) is 4.07. The van der Waals surface area contributed by atoms with E-state index in [9.17, 15) is 9.59 Å². The van der Waals surface area contributed by atoms with E-state index < -0.39 is 0 Å². The SMILES string of the molecule is C[C@@H](CCCCN)C(=O)Nc1ccc(C(=O)Cn2c(-c3nonc3NCCC#N)nc3ccccc32)cc1. The first-order valence-electron chi connectivity index (χ1n) is 12.5. The molecule has 1 atom stereocenters. The van der Waals surface area contributed by atoms with Gasteiger partial charge in [0.15, 0.2) is 17.3 Å². The summed E-state index contributed by atoms with van der Waals surface area (Å²) in [7, 11) is 0. The average Bonchev–Trinajstić information content (AvgIpc) is 3.53. The van der Waals surface area contributed by atoms with Crippen LogP contribution in [0.4, 0.5) is 11.5 Å². The van der Waals surface area contributed by atoms with Gasteiger partial charge >= 0.3 is 0 Å². The molecule has 11 heteroatoms. The molecule has 38 heavy (non-hydrogen) atoms. The monoisotopic (exact) mass is 514 g/mol. The van der Waals surface area contributed by atoms with Crippen LogP contribution < -0.4 is 16.4 Å². The molecule has 2 aromatic heterocycles. The van der Waals surface area contributed by atoms with E-state index >= 15 is 0 Å². The highest BCUT2D eigenvalue weighted by molar-refractivity contribution is 5.98. The van der Waals surface area contributed by atoms with Crippen LogP contribution in [0.15, 0.2) is 53.2 Å². The van der Waals surface area contributed by atoms with Crippen molar-refractivity contribution >= 4 is 34.2 Å². The van der Waals surface area contributed by atoms with Gasteiger partial charge in [-0.05, 0) is 66.1 Å². The van der Waals surface area contributed by atoms with Crippen molar-refractivity contribution in [3.8, 4) is 17.6 Å². The number of imidazole rings is 1. The van der Waals surface area contributed by atoms with E-state index in [0.29, 0.717) is 47.2 Å². The normalized spacial score (nSPS) is 11.7. The van der Waals surface area contributed by atoms with Gasteiger partial charge in [0.1, 0.15) is 0 Å². The molecule has 4 N–H and O–H groups in total. The summed E-state index contributed by atoms with van der Waals surface area (Å²) in [4.78, 5) is 30.4. The number of unbranched alkanes of at least 4 members (excludes halogenated alkanes) is 1. The lowest BCUT2D eigenvalue weighted by Crippen LogP contribution is -2.20. The Morgan fingerprint density at radius 3 is 2.68 bits per heavy atom. The van der Waals surface area contributed by atoms with Crippen molar-refractivity contribution in [2.75, 3.05) is 23.7 Å². The van der Waals surface area contributed by atoms with Gasteiger partial charge in [-0.25, -0.2) is 9.61 Å². The molecule has 0 saturated heterocycles. The number of aromatic nitrogens is 4. The molecule has 0 aliphatic heterocycles. The molecule has 1 amide bonds. The number of carbonyl (C=O) groups is 2. The van der Waals surface area contributed by atoms with Crippen LogP contribution in [-0.2, 0) is 11.3 Å². The maximum absolute atomic E-state index is 13.3. The van der Waals surface area contributed by atoms with Crippen molar-refractivity contribution in [3.05, 3.63) is 54.1 Å².